The SMILES string of the molecule is CCCc1cc(C)[nH]c(=O)c1CNC(=O)c1cc(-c2ccc(N3CCC(N(C)Cc4ccccc4C4CCC(=O)NC4=O)CC3)nc2)cc2c1cnn2C(C)C. The average Bonchev–Trinajstić information content (AvgIpc) is 3.62. The van der Waals surface area contributed by atoms with Crippen LogP contribution in [0, 0.1) is 6.92 Å². The van der Waals surface area contributed by atoms with E-state index in [9.17, 15) is 19.2 Å². The number of carbonyl (C=O) groups is 3. The van der Waals surface area contributed by atoms with Gasteiger partial charge in [0.15, 0.2) is 0 Å². The zero-order valence-electron chi connectivity index (χ0n) is 33.0. The van der Waals surface area contributed by atoms with E-state index in [-0.39, 0.29) is 41.8 Å². The summed E-state index contributed by atoms with van der Waals surface area (Å²) in [4.78, 5) is 63.7. The summed E-state index contributed by atoms with van der Waals surface area (Å²) in [6, 6.07) is 18.6. The van der Waals surface area contributed by atoms with Gasteiger partial charge in [0.1, 0.15) is 5.82 Å². The summed E-state index contributed by atoms with van der Waals surface area (Å²) in [6.45, 7) is 10.7. The fourth-order valence-electron chi connectivity index (χ4n) is 8.33. The van der Waals surface area contributed by atoms with Crippen molar-refractivity contribution in [3.63, 3.8) is 0 Å². The minimum atomic E-state index is -0.300. The number of piperidine rings is 2. The molecule has 3 N–H and O–H groups in total. The highest BCUT2D eigenvalue weighted by molar-refractivity contribution is 6.08. The van der Waals surface area contributed by atoms with Crippen molar-refractivity contribution >= 4 is 34.4 Å². The number of carbonyl (C=O) groups excluding carboxylic acids is 3. The van der Waals surface area contributed by atoms with E-state index >= 15 is 0 Å². The number of amides is 3. The van der Waals surface area contributed by atoms with Crippen LogP contribution in [0.3, 0.4) is 0 Å². The van der Waals surface area contributed by atoms with Crippen LogP contribution in [0.5, 0.6) is 0 Å². The smallest absolute Gasteiger partial charge is 0.253 e. The number of aryl methyl sites for hydroxylation is 2. The molecule has 0 saturated carbocycles. The van der Waals surface area contributed by atoms with Crippen LogP contribution in [-0.4, -0.2) is 68.5 Å². The summed E-state index contributed by atoms with van der Waals surface area (Å²) < 4.78 is 1.93. The van der Waals surface area contributed by atoms with E-state index in [2.05, 4.69) is 82.6 Å². The molecule has 0 bridgehead atoms. The van der Waals surface area contributed by atoms with Crippen LogP contribution in [0.15, 0.2) is 71.8 Å². The van der Waals surface area contributed by atoms with Crippen LogP contribution in [0.25, 0.3) is 22.0 Å². The van der Waals surface area contributed by atoms with Gasteiger partial charge in [-0.15, -0.1) is 0 Å². The van der Waals surface area contributed by atoms with Gasteiger partial charge in [-0.3, -0.25) is 34.1 Å². The topological polar surface area (TPSA) is 145 Å². The molecule has 3 aromatic heterocycles. The highest BCUT2D eigenvalue weighted by atomic mass is 16.2. The van der Waals surface area contributed by atoms with Crippen molar-refractivity contribution in [2.75, 3.05) is 25.0 Å². The summed E-state index contributed by atoms with van der Waals surface area (Å²) in [5, 5.41) is 10.9. The zero-order chi connectivity index (χ0) is 39.5. The van der Waals surface area contributed by atoms with Crippen molar-refractivity contribution < 1.29 is 14.4 Å². The van der Waals surface area contributed by atoms with Crippen molar-refractivity contribution in [3.8, 4) is 11.1 Å². The minimum Gasteiger partial charge on any atom is -0.357 e. The third-order valence-electron chi connectivity index (χ3n) is 11.3. The van der Waals surface area contributed by atoms with Crippen LogP contribution in [0.4, 0.5) is 5.82 Å². The van der Waals surface area contributed by atoms with Gasteiger partial charge >= 0.3 is 0 Å². The maximum Gasteiger partial charge on any atom is 0.253 e. The first-order chi connectivity index (χ1) is 27.0. The fourth-order valence-corrected chi connectivity index (χ4v) is 8.33. The first-order valence-electron chi connectivity index (χ1n) is 19.8. The maximum absolute atomic E-state index is 13.9. The molecule has 292 valence electrons. The Morgan fingerprint density at radius 1 is 0.982 bits per heavy atom. The maximum atomic E-state index is 13.9. The second-order valence-electron chi connectivity index (χ2n) is 15.6. The molecule has 1 atom stereocenters. The summed E-state index contributed by atoms with van der Waals surface area (Å²) in [7, 11) is 2.15. The van der Waals surface area contributed by atoms with Crippen molar-refractivity contribution in [1.29, 1.82) is 0 Å². The van der Waals surface area contributed by atoms with Crippen molar-refractivity contribution in [2.45, 2.75) is 97.3 Å². The first-order valence-corrected chi connectivity index (χ1v) is 19.8. The van der Waals surface area contributed by atoms with Crippen molar-refractivity contribution in [3.05, 3.63) is 111 Å². The summed E-state index contributed by atoms with van der Waals surface area (Å²) in [5.41, 5.74) is 7.43. The van der Waals surface area contributed by atoms with E-state index in [0.29, 0.717) is 30.0 Å². The third-order valence-corrected chi connectivity index (χ3v) is 11.3. The zero-order valence-corrected chi connectivity index (χ0v) is 33.0. The monoisotopic (exact) mass is 756 g/mol. The molecule has 12 heteroatoms. The third kappa shape index (κ3) is 8.16. The van der Waals surface area contributed by atoms with Gasteiger partial charge in [-0.25, -0.2) is 4.98 Å². The lowest BCUT2D eigenvalue weighted by Crippen LogP contribution is -2.43. The van der Waals surface area contributed by atoms with E-state index in [1.165, 1.54) is 0 Å². The number of fused-ring (bicyclic) bond motifs is 1. The van der Waals surface area contributed by atoms with Gasteiger partial charge in [0.05, 0.1) is 23.2 Å². The van der Waals surface area contributed by atoms with E-state index < -0.39 is 0 Å². The number of hydrogen-bond acceptors (Lipinski definition) is 8. The number of anilines is 1. The highest BCUT2D eigenvalue weighted by Crippen LogP contribution is 2.32. The second-order valence-corrected chi connectivity index (χ2v) is 15.6. The average molecular weight is 757 g/mol. The number of aromatic amines is 1. The number of imide groups is 1. The Hall–Kier alpha value is -5.62. The predicted molar refractivity (Wildman–Crippen MR) is 219 cm³/mol. The molecule has 2 aliphatic heterocycles. The molecule has 2 aromatic carbocycles. The highest BCUT2D eigenvalue weighted by Gasteiger charge is 2.30. The molecule has 2 saturated heterocycles. The van der Waals surface area contributed by atoms with Gasteiger partial charge in [0.2, 0.25) is 11.8 Å². The molecule has 1 unspecified atom stereocenters. The number of hydrogen-bond donors (Lipinski definition) is 3. The number of aromatic nitrogens is 4. The molecule has 2 fully saturated rings. The van der Waals surface area contributed by atoms with E-state index in [1.54, 1.807) is 6.20 Å². The van der Waals surface area contributed by atoms with Crippen LogP contribution in [0.2, 0.25) is 0 Å². The quantitative estimate of drug-likeness (QED) is 0.128. The number of pyridine rings is 2. The summed E-state index contributed by atoms with van der Waals surface area (Å²) in [6.07, 6.45) is 8.14. The van der Waals surface area contributed by atoms with Crippen molar-refractivity contribution in [1.82, 2.24) is 35.3 Å². The normalized spacial score (nSPS) is 16.6. The molecule has 12 nitrogen and oxygen atoms in total. The molecule has 5 heterocycles. The molecule has 56 heavy (non-hydrogen) atoms. The molecule has 0 radical (unpaired) electrons. The molecular formula is C44H52N8O4. The van der Waals surface area contributed by atoms with Crippen molar-refractivity contribution in [2.24, 2.45) is 0 Å². The second kappa shape index (κ2) is 16.6. The van der Waals surface area contributed by atoms with E-state index in [1.807, 2.05) is 48.1 Å². The van der Waals surface area contributed by atoms with Gasteiger partial charge in [-0.2, -0.15) is 5.10 Å². The number of rotatable bonds is 12. The van der Waals surface area contributed by atoms with Gasteiger partial charge in [0, 0.05) is 73.1 Å². The molecule has 0 aliphatic carbocycles. The molecule has 3 amide bonds. The lowest BCUT2D eigenvalue weighted by atomic mass is 9.87. The van der Waals surface area contributed by atoms with E-state index in [4.69, 9.17) is 4.98 Å². The lowest BCUT2D eigenvalue weighted by molar-refractivity contribution is -0.134. The molecular weight excluding hydrogens is 705 g/mol. The summed E-state index contributed by atoms with van der Waals surface area (Å²) >= 11 is 0. The Labute approximate surface area is 327 Å². The fraction of sp³-hybridized carbons (Fsp3) is 0.409. The molecule has 7 rings (SSSR count). The number of H-pyrrole nitrogens is 1. The Balaban J connectivity index is 1.04. The number of nitrogens with zero attached hydrogens (tertiary/aromatic N) is 5. The Morgan fingerprint density at radius 3 is 2.48 bits per heavy atom. The Kier molecular flexibility index (Phi) is 11.5. The largest absolute Gasteiger partial charge is 0.357 e. The van der Waals surface area contributed by atoms with Crippen LogP contribution >= 0.6 is 0 Å². The minimum absolute atomic E-state index is 0.0870. The van der Waals surface area contributed by atoms with Gasteiger partial charge in [0.25, 0.3) is 11.5 Å². The first kappa shape index (κ1) is 38.6. The van der Waals surface area contributed by atoms with Gasteiger partial charge in [-0.1, -0.05) is 37.6 Å². The van der Waals surface area contributed by atoms with Gasteiger partial charge in [-0.05, 0) is 106 Å². The van der Waals surface area contributed by atoms with Crippen LogP contribution < -0.4 is 21.1 Å². The molecule has 0 spiro atoms. The Bertz CT molecular complexity index is 2300. The molecule has 5 aromatic rings. The summed E-state index contributed by atoms with van der Waals surface area (Å²) in [5.74, 6) is -0.0517. The standard InChI is InChI=1S/C44H52N8O4/c1-6-9-29-20-28(4)48-44(56)37(29)24-46-42(54)36-21-32(22-39-38(36)25-47-52(39)27(2)3)30-12-14-40(45-23-30)51-18-16-33(17-19-51)50(5)26-31-10-7-8-11-34(31)35-13-15-41(53)49-43(35)55/h7-8,10-12,14,20-23,25,27,33,35H,6,9,13,15-19,24,26H2,1-5H3,(H,46,54)(H,48,56)(H,49,53,55). The van der Waals surface area contributed by atoms with Crippen LogP contribution in [-0.2, 0) is 29.1 Å². The lowest BCUT2D eigenvalue weighted by Gasteiger charge is -2.37. The van der Waals surface area contributed by atoms with Crippen LogP contribution in [0.1, 0.15) is 103 Å². The number of benzene rings is 2. The number of nitrogens with one attached hydrogen (secondary N) is 3. The van der Waals surface area contributed by atoms with E-state index in [0.717, 1.165) is 95.5 Å². The van der Waals surface area contributed by atoms with Gasteiger partial charge < -0.3 is 15.2 Å². The Morgan fingerprint density at radius 2 is 1.77 bits per heavy atom. The molecule has 2 aliphatic rings. The predicted octanol–water partition coefficient (Wildman–Crippen LogP) is 6.18.